The highest BCUT2D eigenvalue weighted by Crippen LogP contribution is 2.20. The number of carbonyl (C=O) groups is 3. The molecule has 1 unspecified atom stereocenters. The van der Waals surface area contributed by atoms with Gasteiger partial charge in [0.25, 0.3) is 5.91 Å². The molecule has 1 aromatic carbocycles. The summed E-state index contributed by atoms with van der Waals surface area (Å²) in [6.07, 6.45) is 0.348. The van der Waals surface area contributed by atoms with Gasteiger partial charge in [-0.15, -0.1) is 0 Å². The molecular weight excluding hydrogens is 331 g/mol. The number of nitrogens with zero attached hydrogens (tertiary/aromatic N) is 1. The highest BCUT2D eigenvalue weighted by molar-refractivity contribution is 9.10. The van der Waals surface area contributed by atoms with E-state index in [0.29, 0.717) is 10.9 Å². The van der Waals surface area contributed by atoms with Crippen LogP contribution in [0.15, 0.2) is 22.7 Å². The van der Waals surface area contributed by atoms with Crippen LogP contribution in [0.3, 0.4) is 0 Å². The molecule has 3 amide bonds. The lowest BCUT2D eigenvalue weighted by Gasteiger charge is -2.33. The molecule has 106 valence electrons. The molecule has 1 heterocycles. The van der Waals surface area contributed by atoms with Crippen LogP contribution < -0.4 is 5.32 Å². The van der Waals surface area contributed by atoms with Crippen molar-refractivity contribution in [1.82, 2.24) is 10.2 Å². The van der Waals surface area contributed by atoms with Crippen LogP contribution in [0.4, 0.5) is 4.39 Å². The summed E-state index contributed by atoms with van der Waals surface area (Å²) < 4.78 is 14.3. The largest absolute Gasteiger partial charge is 0.317 e. The maximum Gasteiger partial charge on any atom is 0.258 e. The van der Waals surface area contributed by atoms with Crippen LogP contribution in [0.2, 0.25) is 0 Å². The quantitative estimate of drug-likeness (QED) is 0.827. The molecular formula is C13H12BrFN2O3. The number of carbonyl (C=O) groups excluding carboxylic acids is 3. The first-order chi connectivity index (χ1) is 9.43. The van der Waals surface area contributed by atoms with Gasteiger partial charge in [-0.3, -0.25) is 19.7 Å². The first kappa shape index (κ1) is 14.6. The van der Waals surface area contributed by atoms with Gasteiger partial charge in [-0.25, -0.2) is 4.39 Å². The highest BCUT2D eigenvalue weighted by Gasteiger charge is 2.36. The zero-order valence-corrected chi connectivity index (χ0v) is 12.2. The second-order valence-electron chi connectivity index (χ2n) is 4.39. The molecule has 2 rings (SSSR count). The van der Waals surface area contributed by atoms with Crippen molar-refractivity contribution < 1.29 is 18.8 Å². The van der Waals surface area contributed by atoms with Gasteiger partial charge in [0.15, 0.2) is 0 Å². The van der Waals surface area contributed by atoms with Crippen molar-refractivity contribution >= 4 is 33.7 Å². The van der Waals surface area contributed by atoms with Crippen molar-refractivity contribution in [3.8, 4) is 0 Å². The lowest BCUT2D eigenvalue weighted by Crippen LogP contribution is -2.59. The molecule has 1 N–H and O–H groups in total. The molecule has 1 aromatic rings. The van der Waals surface area contributed by atoms with Crippen LogP contribution in [0.5, 0.6) is 0 Å². The minimum Gasteiger partial charge on any atom is -0.317 e. The fourth-order valence-corrected chi connectivity index (χ4v) is 2.46. The topological polar surface area (TPSA) is 66.5 Å². The zero-order chi connectivity index (χ0) is 14.9. The van der Waals surface area contributed by atoms with Crippen molar-refractivity contribution in [1.29, 1.82) is 0 Å². The molecule has 0 radical (unpaired) electrons. The number of benzene rings is 1. The number of nitrogens with one attached hydrogen (secondary N) is 1. The molecule has 1 atom stereocenters. The Morgan fingerprint density at radius 1 is 1.50 bits per heavy atom. The Balaban J connectivity index is 2.37. The lowest BCUT2D eigenvalue weighted by atomic mass is 10.1. The van der Waals surface area contributed by atoms with Gasteiger partial charge in [0.2, 0.25) is 11.8 Å². The Morgan fingerprint density at radius 2 is 2.20 bits per heavy atom. The van der Waals surface area contributed by atoms with Crippen molar-refractivity contribution in [3.05, 3.63) is 34.1 Å². The van der Waals surface area contributed by atoms with Crippen molar-refractivity contribution in [3.63, 3.8) is 0 Å². The standard InChI is InChI=1S/C13H12BrFN2O3/c1-2-10-12(19)16-11(18)6-17(10)13(20)8-5-7(14)3-4-9(8)15/h3-5,10H,2,6H2,1H3,(H,16,18,19). The monoisotopic (exact) mass is 342 g/mol. The van der Waals surface area contributed by atoms with Gasteiger partial charge in [0, 0.05) is 4.47 Å². The molecule has 0 bridgehead atoms. The van der Waals surface area contributed by atoms with E-state index in [0.717, 1.165) is 11.0 Å². The van der Waals surface area contributed by atoms with Crippen molar-refractivity contribution in [2.24, 2.45) is 0 Å². The van der Waals surface area contributed by atoms with Crippen molar-refractivity contribution in [2.75, 3.05) is 6.54 Å². The van der Waals surface area contributed by atoms with E-state index >= 15 is 0 Å². The molecule has 0 spiro atoms. The SMILES string of the molecule is CCC1C(=O)NC(=O)CN1C(=O)c1cc(Br)ccc1F. The number of halogens is 2. The number of amides is 3. The average molecular weight is 343 g/mol. The smallest absolute Gasteiger partial charge is 0.258 e. The van der Waals surface area contributed by atoms with Gasteiger partial charge in [-0.1, -0.05) is 22.9 Å². The van der Waals surface area contributed by atoms with Crippen molar-refractivity contribution in [2.45, 2.75) is 19.4 Å². The van der Waals surface area contributed by atoms with Crippen LogP contribution in [-0.2, 0) is 9.59 Å². The Kier molecular flexibility index (Phi) is 4.17. The first-order valence-electron chi connectivity index (χ1n) is 6.03. The fraction of sp³-hybridized carbons (Fsp3) is 0.308. The zero-order valence-electron chi connectivity index (χ0n) is 10.7. The highest BCUT2D eigenvalue weighted by atomic mass is 79.9. The van der Waals surface area contributed by atoms with E-state index in [1.807, 2.05) is 0 Å². The summed E-state index contributed by atoms with van der Waals surface area (Å²) in [5.41, 5.74) is -0.166. The number of hydrogen-bond acceptors (Lipinski definition) is 3. The Hall–Kier alpha value is -1.76. The molecule has 0 saturated carbocycles. The third-order valence-corrected chi connectivity index (χ3v) is 3.56. The van der Waals surface area contributed by atoms with Gasteiger partial charge < -0.3 is 4.90 Å². The Morgan fingerprint density at radius 3 is 2.85 bits per heavy atom. The van der Waals surface area contributed by atoms with Gasteiger partial charge in [-0.05, 0) is 24.6 Å². The van der Waals surface area contributed by atoms with E-state index in [-0.39, 0.29) is 12.1 Å². The molecule has 0 aliphatic carbocycles. The Labute approximate surface area is 123 Å². The van der Waals surface area contributed by atoms with Gasteiger partial charge in [0.1, 0.15) is 18.4 Å². The molecule has 0 aromatic heterocycles. The normalized spacial score (nSPS) is 18.9. The van der Waals surface area contributed by atoms with E-state index in [4.69, 9.17) is 0 Å². The Bertz CT molecular complexity index is 591. The maximum absolute atomic E-state index is 13.7. The predicted octanol–water partition coefficient (Wildman–Crippen LogP) is 1.47. The van der Waals surface area contributed by atoms with E-state index in [1.165, 1.54) is 12.1 Å². The minimum atomic E-state index is -0.765. The summed E-state index contributed by atoms with van der Waals surface area (Å²) in [7, 11) is 0. The van der Waals surface area contributed by atoms with Crippen LogP contribution in [0.1, 0.15) is 23.7 Å². The fourth-order valence-electron chi connectivity index (χ4n) is 2.10. The van der Waals surface area contributed by atoms with E-state index in [1.54, 1.807) is 6.92 Å². The second kappa shape index (κ2) is 5.70. The van der Waals surface area contributed by atoms with Crippen LogP contribution >= 0.6 is 15.9 Å². The number of hydrogen-bond donors (Lipinski definition) is 1. The van der Waals surface area contributed by atoms with Gasteiger partial charge in [0.05, 0.1) is 5.56 Å². The summed E-state index contributed by atoms with van der Waals surface area (Å²) in [6.45, 7) is 1.46. The van der Waals surface area contributed by atoms with Gasteiger partial charge >= 0.3 is 0 Å². The van der Waals surface area contributed by atoms with E-state index in [9.17, 15) is 18.8 Å². The summed E-state index contributed by atoms with van der Waals surface area (Å²) >= 11 is 3.16. The number of imide groups is 1. The average Bonchev–Trinajstić information content (AvgIpc) is 2.40. The third kappa shape index (κ3) is 2.72. The summed E-state index contributed by atoms with van der Waals surface area (Å²) in [6, 6.07) is 3.20. The minimum absolute atomic E-state index is 0.166. The molecule has 1 saturated heterocycles. The van der Waals surface area contributed by atoms with Gasteiger partial charge in [-0.2, -0.15) is 0 Å². The molecule has 1 aliphatic heterocycles. The lowest BCUT2D eigenvalue weighted by molar-refractivity contribution is -0.138. The van der Waals surface area contributed by atoms with Crippen LogP contribution in [-0.4, -0.2) is 35.2 Å². The van der Waals surface area contributed by atoms with E-state index < -0.39 is 29.6 Å². The molecule has 1 fully saturated rings. The molecule has 20 heavy (non-hydrogen) atoms. The summed E-state index contributed by atoms with van der Waals surface area (Å²) in [5, 5.41) is 2.17. The van der Waals surface area contributed by atoms with Crippen LogP contribution in [0.25, 0.3) is 0 Å². The third-order valence-electron chi connectivity index (χ3n) is 3.06. The predicted molar refractivity (Wildman–Crippen MR) is 72.4 cm³/mol. The summed E-state index contributed by atoms with van der Waals surface area (Å²) in [5.74, 6) is -2.46. The molecule has 1 aliphatic rings. The summed E-state index contributed by atoms with van der Waals surface area (Å²) in [4.78, 5) is 36.6. The van der Waals surface area contributed by atoms with E-state index in [2.05, 4.69) is 21.2 Å². The maximum atomic E-state index is 13.7. The molecule has 7 heteroatoms. The second-order valence-corrected chi connectivity index (χ2v) is 5.31. The number of rotatable bonds is 2. The molecule has 5 nitrogen and oxygen atoms in total. The number of piperazine rings is 1. The van der Waals surface area contributed by atoms with Crippen LogP contribution in [0, 0.1) is 5.82 Å². The first-order valence-corrected chi connectivity index (χ1v) is 6.83.